The highest BCUT2D eigenvalue weighted by atomic mass is 35.5. The van der Waals surface area contributed by atoms with Crippen molar-refractivity contribution < 1.29 is 0 Å². The van der Waals surface area contributed by atoms with Gasteiger partial charge in [-0.15, -0.1) is 0 Å². The predicted molar refractivity (Wildman–Crippen MR) is 108 cm³/mol. The molecule has 1 unspecified atom stereocenters. The van der Waals surface area contributed by atoms with E-state index in [1.54, 1.807) is 24.5 Å². The van der Waals surface area contributed by atoms with Crippen LogP contribution >= 0.6 is 11.6 Å². The fourth-order valence-electron chi connectivity index (χ4n) is 3.31. The van der Waals surface area contributed by atoms with Crippen molar-refractivity contribution in [2.75, 3.05) is 0 Å². The van der Waals surface area contributed by atoms with Gasteiger partial charge < -0.3 is 0 Å². The molecule has 136 valence electrons. The maximum Gasteiger partial charge on any atom is 0.273 e. The molecule has 0 saturated heterocycles. The maximum absolute atomic E-state index is 13.2. The summed E-state index contributed by atoms with van der Waals surface area (Å²) in [7, 11) is 0. The molecule has 1 atom stereocenters. The normalized spacial score (nSPS) is 11.9. The summed E-state index contributed by atoms with van der Waals surface area (Å²) in [5, 5.41) is 16.2. The van der Waals surface area contributed by atoms with Crippen LogP contribution in [0, 0.1) is 11.3 Å². The number of benzene rings is 2. The van der Waals surface area contributed by atoms with Crippen LogP contribution in [-0.4, -0.2) is 14.8 Å². The van der Waals surface area contributed by atoms with E-state index >= 15 is 0 Å². The first-order valence-corrected chi connectivity index (χ1v) is 9.08. The van der Waals surface area contributed by atoms with E-state index in [-0.39, 0.29) is 16.1 Å². The first-order valence-electron chi connectivity index (χ1n) is 8.70. The topological polar surface area (TPSA) is 71.6 Å². The third kappa shape index (κ3) is 3.26. The Bertz CT molecular complexity index is 1240. The summed E-state index contributed by atoms with van der Waals surface area (Å²) in [5.41, 5.74) is 1.49. The van der Waals surface area contributed by atoms with Crippen LogP contribution in [0.5, 0.6) is 0 Å². The Labute approximate surface area is 166 Å². The van der Waals surface area contributed by atoms with Crippen LogP contribution in [0.15, 0.2) is 78.0 Å². The van der Waals surface area contributed by atoms with Gasteiger partial charge in [0, 0.05) is 12.4 Å². The van der Waals surface area contributed by atoms with Gasteiger partial charge in [-0.2, -0.15) is 10.4 Å². The predicted octanol–water partition coefficient (Wildman–Crippen LogP) is 4.15. The molecule has 5 nitrogen and oxygen atoms in total. The molecule has 0 spiro atoms. The molecule has 4 rings (SSSR count). The number of nitrogens with zero attached hydrogens (tertiary/aromatic N) is 4. The van der Waals surface area contributed by atoms with Crippen molar-refractivity contribution in [1.29, 1.82) is 5.26 Å². The van der Waals surface area contributed by atoms with Crippen LogP contribution in [0.3, 0.4) is 0 Å². The monoisotopic (exact) mass is 386 g/mol. The van der Waals surface area contributed by atoms with E-state index in [0.717, 1.165) is 16.3 Å². The number of halogens is 1. The molecule has 0 aliphatic heterocycles. The Balaban J connectivity index is 1.81. The van der Waals surface area contributed by atoms with Crippen molar-refractivity contribution in [3.63, 3.8) is 0 Å². The van der Waals surface area contributed by atoms with Gasteiger partial charge in [-0.05, 0) is 34.0 Å². The summed E-state index contributed by atoms with van der Waals surface area (Å²) >= 11 is 6.28. The van der Waals surface area contributed by atoms with Crippen molar-refractivity contribution in [1.82, 2.24) is 14.8 Å². The largest absolute Gasteiger partial charge is 0.273 e. The number of rotatable bonds is 4. The quantitative estimate of drug-likeness (QED) is 0.528. The van der Waals surface area contributed by atoms with Gasteiger partial charge in [-0.1, -0.05) is 54.1 Å². The Morgan fingerprint density at radius 2 is 1.82 bits per heavy atom. The summed E-state index contributed by atoms with van der Waals surface area (Å²) in [6, 6.07) is 19.5. The fraction of sp³-hybridized carbons (Fsp3) is 0.0909. The highest BCUT2D eigenvalue weighted by molar-refractivity contribution is 6.31. The molecule has 2 heterocycles. The van der Waals surface area contributed by atoms with Crippen LogP contribution < -0.4 is 5.56 Å². The molecule has 0 aliphatic carbocycles. The third-order valence-corrected chi connectivity index (χ3v) is 4.99. The lowest BCUT2D eigenvalue weighted by Crippen LogP contribution is -2.28. The van der Waals surface area contributed by atoms with E-state index in [2.05, 4.69) is 16.2 Å². The first kappa shape index (κ1) is 17.9. The molecule has 6 heteroatoms. The minimum atomic E-state index is -0.787. The molecule has 0 amide bonds. The number of hydrogen-bond acceptors (Lipinski definition) is 4. The SMILES string of the molecule is N#CC(c1ccncc1)c1c(Cl)cnn(Cc2cccc3ccccc23)c1=O. The van der Waals surface area contributed by atoms with Crippen LogP contribution in [0.2, 0.25) is 5.02 Å². The summed E-state index contributed by atoms with van der Waals surface area (Å²) in [6.07, 6.45) is 4.60. The molecule has 0 fully saturated rings. The Morgan fingerprint density at radius 3 is 2.61 bits per heavy atom. The van der Waals surface area contributed by atoms with E-state index in [1.807, 2.05) is 42.5 Å². The highest BCUT2D eigenvalue weighted by Gasteiger charge is 2.22. The van der Waals surface area contributed by atoms with Crippen molar-refractivity contribution in [3.8, 4) is 6.07 Å². The van der Waals surface area contributed by atoms with Gasteiger partial charge in [0.1, 0.15) is 5.92 Å². The molecule has 4 aromatic rings. The minimum Gasteiger partial charge on any atom is -0.267 e. The van der Waals surface area contributed by atoms with E-state index < -0.39 is 5.92 Å². The van der Waals surface area contributed by atoms with E-state index in [4.69, 9.17) is 11.6 Å². The lowest BCUT2D eigenvalue weighted by atomic mass is 9.94. The minimum absolute atomic E-state index is 0.183. The smallest absolute Gasteiger partial charge is 0.267 e. The van der Waals surface area contributed by atoms with Crippen LogP contribution in [-0.2, 0) is 6.54 Å². The van der Waals surface area contributed by atoms with E-state index in [1.165, 1.54) is 10.9 Å². The standard InChI is InChI=1S/C22H15ClN4O/c23-20-13-26-27(14-17-6-3-5-15-4-1-2-7-18(15)17)22(28)21(20)19(12-24)16-8-10-25-11-9-16/h1-11,13,19H,14H2. The lowest BCUT2D eigenvalue weighted by Gasteiger charge is -2.14. The molecule has 28 heavy (non-hydrogen) atoms. The van der Waals surface area contributed by atoms with Gasteiger partial charge in [0.25, 0.3) is 5.56 Å². The Hall–Kier alpha value is -3.49. The van der Waals surface area contributed by atoms with Gasteiger partial charge in [-0.25, -0.2) is 4.68 Å². The first-order chi connectivity index (χ1) is 13.7. The van der Waals surface area contributed by atoms with Crippen molar-refractivity contribution >= 4 is 22.4 Å². The van der Waals surface area contributed by atoms with Crippen LogP contribution in [0.4, 0.5) is 0 Å². The fourth-order valence-corrected chi connectivity index (χ4v) is 3.54. The number of hydrogen-bond donors (Lipinski definition) is 0. The lowest BCUT2D eigenvalue weighted by molar-refractivity contribution is 0.631. The second kappa shape index (κ2) is 7.63. The van der Waals surface area contributed by atoms with Gasteiger partial charge >= 0.3 is 0 Å². The van der Waals surface area contributed by atoms with Crippen molar-refractivity contribution in [2.45, 2.75) is 12.5 Å². The molecule has 0 saturated carbocycles. The van der Waals surface area contributed by atoms with Gasteiger partial charge in [0.05, 0.1) is 29.4 Å². The van der Waals surface area contributed by atoms with Gasteiger partial charge in [-0.3, -0.25) is 9.78 Å². The Kier molecular flexibility index (Phi) is 4.88. The molecular weight excluding hydrogens is 372 g/mol. The average Bonchev–Trinajstić information content (AvgIpc) is 2.74. The molecule has 0 bridgehead atoms. The number of aromatic nitrogens is 3. The third-order valence-electron chi connectivity index (χ3n) is 4.69. The summed E-state index contributed by atoms with van der Waals surface area (Å²) < 4.78 is 1.36. The number of nitriles is 1. The average molecular weight is 387 g/mol. The van der Waals surface area contributed by atoms with Crippen molar-refractivity contribution in [3.05, 3.63) is 105 Å². The molecule has 0 radical (unpaired) electrons. The zero-order valence-corrected chi connectivity index (χ0v) is 15.5. The second-order valence-corrected chi connectivity index (χ2v) is 6.76. The van der Waals surface area contributed by atoms with Gasteiger partial charge in [0.2, 0.25) is 0 Å². The number of pyridine rings is 1. The molecule has 2 aromatic carbocycles. The second-order valence-electron chi connectivity index (χ2n) is 6.35. The van der Waals surface area contributed by atoms with Gasteiger partial charge in [0.15, 0.2) is 0 Å². The molecule has 0 N–H and O–H groups in total. The summed E-state index contributed by atoms with van der Waals surface area (Å²) in [5.74, 6) is -0.787. The van der Waals surface area contributed by atoms with Crippen LogP contribution in [0.1, 0.15) is 22.6 Å². The van der Waals surface area contributed by atoms with Crippen LogP contribution in [0.25, 0.3) is 10.8 Å². The van der Waals surface area contributed by atoms with E-state index in [9.17, 15) is 10.1 Å². The maximum atomic E-state index is 13.2. The van der Waals surface area contributed by atoms with E-state index in [0.29, 0.717) is 12.1 Å². The Morgan fingerprint density at radius 1 is 1.07 bits per heavy atom. The summed E-state index contributed by atoms with van der Waals surface area (Å²) in [6.45, 7) is 0.291. The highest BCUT2D eigenvalue weighted by Crippen LogP contribution is 2.26. The molecule has 2 aromatic heterocycles. The zero-order chi connectivity index (χ0) is 19.5. The molecular formula is C22H15ClN4O. The zero-order valence-electron chi connectivity index (χ0n) is 14.8. The number of fused-ring (bicyclic) bond motifs is 1. The molecule has 0 aliphatic rings. The summed E-state index contributed by atoms with van der Waals surface area (Å²) in [4.78, 5) is 17.1. The van der Waals surface area contributed by atoms with Crippen molar-refractivity contribution in [2.24, 2.45) is 0 Å².